The highest BCUT2D eigenvalue weighted by Crippen LogP contribution is 2.37. The van der Waals surface area contributed by atoms with Crippen molar-refractivity contribution in [2.24, 2.45) is 0 Å². The van der Waals surface area contributed by atoms with Gasteiger partial charge in [0, 0.05) is 18.0 Å². The van der Waals surface area contributed by atoms with Gasteiger partial charge in [-0.25, -0.2) is 4.98 Å². The predicted molar refractivity (Wildman–Crippen MR) is 108 cm³/mol. The molecule has 0 aliphatic rings. The molecule has 2 aromatic heterocycles. The molecule has 8 heteroatoms. The standard InChI is InChI=1S/C20H20N4O4/c1-27-15-9-11-14(10-16(15)28-2)24-20(26)17(18(11)21-7-8-25)19-22-12-5-3-4-6-13(12)23-19/h3-6,9-10,25H,7-8H2,1-2H3,(H,22,23)(H2,21,24,26). The Hall–Kier alpha value is -3.52. The van der Waals surface area contributed by atoms with Gasteiger partial charge in [0.25, 0.3) is 5.56 Å². The quantitative estimate of drug-likeness (QED) is 0.409. The first kappa shape index (κ1) is 17.9. The van der Waals surface area contributed by atoms with Crippen molar-refractivity contribution >= 4 is 27.6 Å². The van der Waals surface area contributed by atoms with Crippen molar-refractivity contribution in [2.75, 3.05) is 32.7 Å². The first-order valence-electron chi connectivity index (χ1n) is 8.78. The van der Waals surface area contributed by atoms with Crippen LogP contribution in [0.5, 0.6) is 11.5 Å². The summed E-state index contributed by atoms with van der Waals surface area (Å²) in [6.07, 6.45) is 0. The molecular weight excluding hydrogens is 360 g/mol. The van der Waals surface area contributed by atoms with E-state index in [0.717, 1.165) is 16.4 Å². The van der Waals surface area contributed by atoms with E-state index >= 15 is 0 Å². The molecule has 0 radical (unpaired) electrons. The van der Waals surface area contributed by atoms with Crippen LogP contribution in [0, 0.1) is 0 Å². The van der Waals surface area contributed by atoms with E-state index in [0.29, 0.717) is 34.1 Å². The molecule has 4 rings (SSSR count). The number of hydrogen-bond acceptors (Lipinski definition) is 6. The molecule has 0 aliphatic heterocycles. The summed E-state index contributed by atoms with van der Waals surface area (Å²) in [6.45, 7) is 0.196. The number of rotatable bonds is 6. The van der Waals surface area contributed by atoms with Crippen molar-refractivity contribution in [2.45, 2.75) is 0 Å². The lowest BCUT2D eigenvalue weighted by molar-refractivity contribution is 0.311. The van der Waals surface area contributed by atoms with Crippen molar-refractivity contribution in [3.63, 3.8) is 0 Å². The van der Waals surface area contributed by atoms with Gasteiger partial charge < -0.3 is 29.9 Å². The molecular formula is C20H20N4O4. The summed E-state index contributed by atoms with van der Waals surface area (Å²) in [7, 11) is 3.09. The molecule has 0 spiro atoms. The van der Waals surface area contributed by atoms with Gasteiger partial charge in [-0.05, 0) is 18.2 Å². The number of hydrogen-bond donors (Lipinski definition) is 4. The molecule has 0 aliphatic carbocycles. The SMILES string of the molecule is COc1cc2[nH]c(=O)c(-c3nc4ccccc4[nH]3)c(NCCO)c2cc1OC. The fraction of sp³-hybridized carbons (Fsp3) is 0.200. The Balaban J connectivity index is 2.03. The molecule has 0 fully saturated rings. The Morgan fingerprint density at radius 3 is 2.54 bits per heavy atom. The first-order valence-corrected chi connectivity index (χ1v) is 8.78. The van der Waals surface area contributed by atoms with Crippen LogP contribution in [0.4, 0.5) is 5.69 Å². The third-order valence-corrected chi connectivity index (χ3v) is 4.56. The molecule has 0 amide bonds. The maximum Gasteiger partial charge on any atom is 0.261 e. The zero-order valence-corrected chi connectivity index (χ0v) is 15.5. The Kier molecular flexibility index (Phi) is 4.62. The van der Waals surface area contributed by atoms with Crippen molar-refractivity contribution < 1.29 is 14.6 Å². The fourth-order valence-corrected chi connectivity index (χ4v) is 3.28. The molecule has 0 bridgehead atoms. The van der Waals surface area contributed by atoms with Gasteiger partial charge in [-0.15, -0.1) is 0 Å². The topological polar surface area (TPSA) is 112 Å². The van der Waals surface area contributed by atoms with E-state index in [1.807, 2.05) is 24.3 Å². The van der Waals surface area contributed by atoms with Gasteiger partial charge in [-0.2, -0.15) is 0 Å². The second-order valence-electron chi connectivity index (χ2n) is 6.21. The van der Waals surface area contributed by atoms with Gasteiger partial charge in [-0.1, -0.05) is 12.1 Å². The zero-order valence-electron chi connectivity index (χ0n) is 15.5. The number of ether oxygens (including phenoxy) is 2. The number of nitrogens with zero attached hydrogens (tertiary/aromatic N) is 1. The first-order chi connectivity index (χ1) is 13.7. The lowest BCUT2D eigenvalue weighted by Gasteiger charge is -2.15. The molecule has 2 heterocycles. The van der Waals surface area contributed by atoms with E-state index in [2.05, 4.69) is 20.3 Å². The zero-order chi connectivity index (χ0) is 19.7. The van der Waals surface area contributed by atoms with E-state index in [4.69, 9.17) is 9.47 Å². The van der Waals surface area contributed by atoms with Crippen LogP contribution in [0.25, 0.3) is 33.3 Å². The van der Waals surface area contributed by atoms with Crippen molar-refractivity contribution in [3.8, 4) is 22.9 Å². The van der Waals surface area contributed by atoms with Crippen LogP contribution < -0.4 is 20.3 Å². The third-order valence-electron chi connectivity index (χ3n) is 4.56. The molecule has 4 N–H and O–H groups in total. The average molecular weight is 380 g/mol. The number of aliphatic hydroxyl groups excluding tert-OH is 1. The van der Waals surface area contributed by atoms with Crippen molar-refractivity contribution in [3.05, 3.63) is 46.8 Å². The molecule has 0 unspecified atom stereocenters. The number of aliphatic hydroxyl groups is 1. The lowest BCUT2D eigenvalue weighted by Crippen LogP contribution is -2.16. The van der Waals surface area contributed by atoms with Crippen molar-refractivity contribution in [1.82, 2.24) is 15.0 Å². The number of imidazole rings is 1. The Morgan fingerprint density at radius 1 is 1.07 bits per heavy atom. The van der Waals surface area contributed by atoms with Gasteiger partial charge in [0.1, 0.15) is 11.4 Å². The molecule has 8 nitrogen and oxygen atoms in total. The molecule has 2 aromatic carbocycles. The number of benzene rings is 2. The van der Waals surface area contributed by atoms with Crippen LogP contribution in [0.2, 0.25) is 0 Å². The molecule has 4 aromatic rings. The van der Waals surface area contributed by atoms with Crippen LogP contribution in [0.15, 0.2) is 41.2 Å². The summed E-state index contributed by atoms with van der Waals surface area (Å²) in [5.41, 5.74) is 2.80. The summed E-state index contributed by atoms with van der Waals surface area (Å²) in [5, 5.41) is 13.2. The smallest absolute Gasteiger partial charge is 0.261 e. The van der Waals surface area contributed by atoms with Gasteiger partial charge in [-0.3, -0.25) is 4.79 Å². The van der Waals surface area contributed by atoms with E-state index in [-0.39, 0.29) is 18.7 Å². The molecule has 144 valence electrons. The number of anilines is 1. The summed E-state index contributed by atoms with van der Waals surface area (Å²) in [5.74, 6) is 1.49. The fourth-order valence-electron chi connectivity index (χ4n) is 3.28. The summed E-state index contributed by atoms with van der Waals surface area (Å²) in [6, 6.07) is 11.1. The molecule has 0 saturated carbocycles. The summed E-state index contributed by atoms with van der Waals surface area (Å²) < 4.78 is 10.7. The molecule has 28 heavy (non-hydrogen) atoms. The minimum atomic E-state index is -0.306. The normalized spacial score (nSPS) is 11.1. The number of H-pyrrole nitrogens is 2. The maximum absolute atomic E-state index is 13.0. The van der Waals surface area contributed by atoms with E-state index in [1.54, 1.807) is 19.2 Å². The second kappa shape index (κ2) is 7.24. The van der Waals surface area contributed by atoms with Gasteiger partial charge in [0.2, 0.25) is 0 Å². The van der Waals surface area contributed by atoms with Gasteiger partial charge in [0.15, 0.2) is 11.5 Å². The lowest BCUT2D eigenvalue weighted by atomic mass is 10.1. The van der Waals surface area contributed by atoms with Crippen LogP contribution >= 0.6 is 0 Å². The number of nitrogens with one attached hydrogen (secondary N) is 3. The highest BCUT2D eigenvalue weighted by molar-refractivity contribution is 6.00. The minimum absolute atomic E-state index is 0.0822. The highest BCUT2D eigenvalue weighted by Gasteiger charge is 2.19. The van der Waals surface area contributed by atoms with E-state index < -0.39 is 0 Å². The number of aromatic amines is 2. The van der Waals surface area contributed by atoms with Crippen LogP contribution in [0.1, 0.15) is 0 Å². The Bertz CT molecular complexity index is 1180. The number of fused-ring (bicyclic) bond motifs is 2. The number of methoxy groups -OCH3 is 2. The Morgan fingerprint density at radius 2 is 1.82 bits per heavy atom. The van der Waals surface area contributed by atoms with Crippen LogP contribution in [-0.2, 0) is 0 Å². The molecule has 0 atom stereocenters. The van der Waals surface area contributed by atoms with Crippen LogP contribution in [-0.4, -0.2) is 47.4 Å². The van der Waals surface area contributed by atoms with Gasteiger partial charge in [0.05, 0.1) is 43.1 Å². The van der Waals surface area contributed by atoms with Crippen molar-refractivity contribution in [1.29, 1.82) is 0 Å². The average Bonchev–Trinajstić information content (AvgIpc) is 3.14. The summed E-state index contributed by atoms with van der Waals surface area (Å²) >= 11 is 0. The number of para-hydroxylation sites is 2. The van der Waals surface area contributed by atoms with E-state index in [1.165, 1.54) is 7.11 Å². The third kappa shape index (κ3) is 2.93. The number of pyridine rings is 1. The second-order valence-corrected chi connectivity index (χ2v) is 6.21. The predicted octanol–water partition coefficient (Wildman–Crippen LogP) is 2.49. The summed E-state index contributed by atoms with van der Waals surface area (Å²) in [4.78, 5) is 23.6. The minimum Gasteiger partial charge on any atom is -0.493 e. The monoisotopic (exact) mass is 380 g/mol. The van der Waals surface area contributed by atoms with Gasteiger partial charge >= 0.3 is 0 Å². The van der Waals surface area contributed by atoms with E-state index in [9.17, 15) is 9.90 Å². The highest BCUT2D eigenvalue weighted by atomic mass is 16.5. The maximum atomic E-state index is 13.0. The number of aromatic nitrogens is 3. The molecule has 0 saturated heterocycles. The largest absolute Gasteiger partial charge is 0.493 e. The van der Waals surface area contributed by atoms with Crippen LogP contribution in [0.3, 0.4) is 0 Å². The Labute approximate surface area is 160 Å².